The molecular formula is C12H10O3. The summed E-state index contributed by atoms with van der Waals surface area (Å²) in [6.45, 7) is -0.211. The van der Waals surface area contributed by atoms with Crippen LogP contribution in [0.3, 0.4) is 0 Å². The normalized spacial score (nSPS) is 9.67. The standard InChI is InChI=1S/C12H10O3/c13-9-3-6-10-4-1-2-5-11(10)7-8-12(14)15/h1-2,4-5,7-8,13H,9H2,(H,14,15)/b8-7+. The SMILES string of the molecule is O=C(O)/C=C/c1ccccc1C#CCO. The van der Waals surface area contributed by atoms with Gasteiger partial charge in [0.05, 0.1) is 0 Å². The van der Waals surface area contributed by atoms with E-state index >= 15 is 0 Å². The van der Waals surface area contributed by atoms with Crippen molar-refractivity contribution < 1.29 is 15.0 Å². The first-order chi connectivity index (χ1) is 7.24. The Balaban J connectivity index is 3.01. The van der Waals surface area contributed by atoms with E-state index in [0.29, 0.717) is 5.56 Å². The van der Waals surface area contributed by atoms with Gasteiger partial charge in [0, 0.05) is 11.6 Å². The highest BCUT2D eigenvalue weighted by Gasteiger charge is 1.95. The van der Waals surface area contributed by atoms with Crippen molar-refractivity contribution in [1.82, 2.24) is 0 Å². The lowest BCUT2D eigenvalue weighted by Gasteiger charge is -1.96. The summed E-state index contributed by atoms with van der Waals surface area (Å²) >= 11 is 0. The van der Waals surface area contributed by atoms with Crippen LogP contribution in [0.5, 0.6) is 0 Å². The molecule has 1 aromatic carbocycles. The number of carbonyl (C=O) groups is 1. The molecule has 0 saturated heterocycles. The van der Waals surface area contributed by atoms with Gasteiger partial charge in [-0.05, 0) is 17.7 Å². The maximum absolute atomic E-state index is 10.3. The van der Waals surface area contributed by atoms with Gasteiger partial charge in [-0.25, -0.2) is 4.79 Å². The number of aliphatic hydroxyl groups excluding tert-OH is 1. The molecule has 0 saturated carbocycles. The quantitative estimate of drug-likeness (QED) is 0.558. The molecule has 0 fully saturated rings. The number of benzene rings is 1. The second-order valence-electron chi connectivity index (χ2n) is 2.72. The lowest BCUT2D eigenvalue weighted by molar-refractivity contribution is -0.131. The molecule has 0 aromatic heterocycles. The van der Waals surface area contributed by atoms with Crippen molar-refractivity contribution in [3.63, 3.8) is 0 Å². The predicted octanol–water partition coefficient (Wildman–Crippen LogP) is 1.13. The van der Waals surface area contributed by atoms with Gasteiger partial charge in [0.15, 0.2) is 0 Å². The summed E-state index contributed by atoms with van der Waals surface area (Å²) in [5, 5.41) is 17.0. The van der Waals surface area contributed by atoms with E-state index in [0.717, 1.165) is 11.6 Å². The number of aliphatic hydroxyl groups is 1. The van der Waals surface area contributed by atoms with Gasteiger partial charge in [0.2, 0.25) is 0 Å². The van der Waals surface area contributed by atoms with Gasteiger partial charge in [-0.3, -0.25) is 0 Å². The third-order valence-corrected chi connectivity index (χ3v) is 1.67. The number of carboxylic acid groups (broad SMARTS) is 1. The number of carboxylic acids is 1. The van der Waals surface area contributed by atoms with Crippen molar-refractivity contribution in [3.05, 3.63) is 41.5 Å². The number of hydrogen-bond donors (Lipinski definition) is 2. The molecule has 0 atom stereocenters. The first-order valence-electron chi connectivity index (χ1n) is 4.34. The number of aliphatic carboxylic acids is 1. The van der Waals surface area contributed by atoms with E-state index < -0.39 is 5.97 Å². The smallest absolute Gasteiger partial charge is 0.328 e. The minimum Gasteiger partial charge on any atom is -0.478 e. The van der Waals surface area contributed by atoms with E-state index in [9.17, 15) is 4.79 Å². The fourth-order valence-corrected chi connectivity index (χ4v) is 1.05. The van der Waals surface area contributed by atoms with Crippen LogP contribution in [0.4, 0.5) is 0 Å². The molecule has 3 nitrogen and oxygen atoms in total. The van der Waals surface area contributed by atoms with Crippen molar-refractivity contribution in [2.24, 2.45) is 0 Å². The molecule has 0 heterocycles. The summed E-state index contributed by atoms with van der Waals surface area (Å²) in [7, 11) is 0. The molecule has 76 valence electrons. The molecule has 0 spiro atoms. The van der Waals surface area contributed by atoms with E-state index in [1.54, 1.807) is 24.3 Å². The molecule has 3 heteroatoms. The molecule has 0 aliphatic carbocycles. The van der Waals surface area contributed by atoms with Crippen LogP contribution in [0.15, 0.2) is 30.3 Å². The van der Waals surface area contributed by atoms with Crippen molar-refractivity contribution in [1.29, 1.82) is 0 Å². The van der Waals surface area contributed by atoms with E-state index in [-0.39, 0.29) is 6.61 Å². The predicted molar refractivity (Wildman–Crippen MR) is 57.1 cm³/mol. The molecule has 0 unspecified atom stereocenters. The van der Waals surface area contributed by atoms with Gasteiger partial charge < -0.3 is 10.2 Å². The molecule has 0 aliphatic heterocycles. The summed E-state index contributed by atoms with van der Waals surface area (Å²) in [6, 6.07) is 7.14. The lowest BCUT2D eigenvalue weighted by atomic mass is 10.1. The molecule has 0 bridgehead atoms. The summed E-state index contributed by atoms with van der Waals surface area (Å²) in [4.78, 5) is 10.3. The monoisotopic (exact) mass is 202 g/mol. The minimum atomic E-state index is -1.00. The van der Waals surface area contributed by atoms with Crippen molar-refractivity contribution in [2.45, 2.75) is 0 Å². The first-order valence-corrected chi connectivity index (χ1v) is 4.34. The van der Waals surface area contributed by atoms with Gasteiger partial charge in [-0.2, -0.15) is 0 Å². The van der Waals surface area contributed by atoms with Crippen molar-refractivity contribution >= 4 is 12.0 Å². The third-order valence-electron chi connectivity index (χ3n) is 1.67. The zero-order valence-corrected chi connectivity index (χ0v) is 7.97. The molecular weight excluding hydrogens is 192 g/mol. The Kier molecular flexibility index (Phi) is 4.14. The maximum atomic E-state index is 10.3. The second kappa shape index (κ2) is 5.63. The Hall–Kier alpha value is -2.05. The Labute approximate surface area is 87.7 Å². The summed E-state index contributed by atoms with van der Waals surface area (Å²) in [5.41, 5.74) is 1.42. The third kappa shape index (κ3) is 3.67. The van der Waals surface area contributed by atoms with Crippen LogP contribution >= 0.6 is 0 Å². The Morgan fingerprint density at radius 2 is 2.13 bits per heavy atom. The van der Waals surface area contributed by atoms with Crippen LogP contribution in [0.25, 0.3) is 6.08 Å². The molecule has 0 radical (unpaired) electrons. The van der Waals surface area contributed by atoms with E-state index in [1.807, 2.05) is 0 Å². The summed E-state index contributed by atoms with van der Waals surface area (Å²) in [5.74, 6) is 4.26. The maximum Gasteiger partial charge on any atom is 0.328 e. The minimum absolute atomic E-state index is 0.211. The largest absolute Gasteiger partial charge is 0.478 e. The van der Waals surface area contributed by atoms with Gasteiger partial charge in [-0.15, -0.1) is 0 Å². The van der Waals surface area contributed by atoms with Crippen molar-refractivity contribution in [3.8, 4) is 11.8 Å². The van der Waals surface area contributed by atoms with Crippen LogP contribution in [0, 0.1) is 11.8 Å². The average molecular weight is 202 g/mol. The van der Waals surface area contributed by atoms with Gasteiger partial charge in [0.1, 0.15) is 6.61 Å². The average Bonchev–Trinajstić information content (AvgIpc) is 2.24. The molecule has 1 rings (SSSR count). The highest BCUT2D eigenvalue weighted by molar-refractivity contribution is 5.85. The van der Waals surface area contributed by atoms with Gasteiger partial charge >= 0.3 is 5.97 Å². The Morgan fingerprint density at radius 1 is 1.40 bits per heavy atom. The topological polar surface area (TPSA) is 57.5 Å². The van der Waals surface area contributed by atoms with Crippen LogP contribution in [0.1, 0.15) is 11.1 Å². The Bertz CT molecular complexity index is 436. The first kappa shape index (κ1) is 11.0. The second-order valence-corrected chi connectivity index (χ2v) is 2.72. The van der Waals surface area contributed by atoms with E-state index in [1.165, 1.54) is 6.08 Å². The molecule has 0 amide bonds. The number of rotatable bonds is 2. The molecule has 15 heavy (non-hydrogen) atoms. The summed E-state index contributed by atoms with van der Waals surface area (Å²) < 4.78 is 0. The van der Waals surface area contributed by atoms with Crippen LogP contribution < -0.4 is 0 Å². The highest BCUT2D eigenvalue weighted by atomic mass is 16.4. The summed E-state index contributed by atoms with van der Waals surface area (Å²) in [6.07, 6.45) is 2.53. The molecule has 0 aliphatic rings. The van der Waals surface area contributed by atoms with Gasteiger partial charge in [0.25, 0.3) is 0 Å². The van der Waals surface area contributed by atoms with Gasteiger partial charge in [-0.1, -0.05) is 30.0 Å². The Morgan fingerprint density at radius 3 is 2.80 bits per heavy atom. The van der Waals surface area contributed by atoms with Crippen LogP contribution in [0.2, 0.25) is 0 Å². The fraction of sp³-hybridized carbons (Fsp3) is 0.0833. The van der Waals surface area contributed by atoms with Crippen molar-refractivity contribution in [2.75, 3.05) is 6.61 Å². The lowest BCUT2D eigenvalue weighted by Crippen LogP contribution is -1.87. The van der Waals surface area contributed by atoms with E-state index in [4.69, 9.17) is 10.2 Å². The van der Waals surface area contributed by atoms with E-state index in [2.05, 4.69) is 11.8 Å². The van der Waals surface area contributed by atoms with Crippen LogP contribution in [-0.4, -0.2) is 22.8 Å². The zero-order valence-electron chi connectivity index (χ0n) is 7.97. The highest BCUT2D eigenvalue weighted by Crippen LogP contribution is 2.09. The fourth-order valence-electron chi connectivity index (χ4n) is 1.05. The van der Waals surface area contributed by atoms with Crippen LogP contribution in [-0.2, 0) is 4.79 Å². The zero-order chi connectivity index (χ0) is 11.1. The number of hydrogen-bond acceptors (Lipinski definition) is 2. The molecule has 1 aromatic rings. The molecule has 2 N–H and O–H groups in total.